The molecule has 2 aromatic rings. The van der Waals surface area contributed by atoms with E-state index in [2.05, 4.69) is 12.1 Å². The molecule has 2 rings (SSSR count). The van der Waals surface area contributed by atoms with Crippen LogP contribution in [0, 0.1) is 0 Å². The van der Waals surface area contributed by atoms with Crippen LogP contribution in [0.1, 0.15) is 41.6 Å². The summed E-state index contributed by atoms with van der Waals surface area (Å²) in [4.78, 5) is 11.7. The van der Waals surface area contributed by atoms with Gasteiger partial charge in [0.15, 0.2) is 0 Å². The first-order valence-corrected chi connectivity index (χ1v) is 7.47. The first-order chi connectivity index (χ1) is 10.3. The van der Waals surface area contributed by atoms with E-state index in [-0.39, 0.29) is 12.6 Å². The maximum atomic E-state index is 11.7. The smallest absolute Gasteiger partial charge is 0.338 e. The molecule has 21 heavy (non-hydrogen) atoms. The predicted octanol–water partition coefficient (Wildman–Crippen LogP) is 3.72. The van der Waals surface area contributed by atoms with E-state index in [1.54, 1.807) is 6.07 Å². The number of rotatable bonds is 7. The zero-order chi connectivity index (χ0) is 15.1. The van der Waals surface area contributed by atoms with Gasteiger partial charge in [-0.05, 0) is 41.7 Å². The third-order valence-corrected chi connectivity index (χ3v) is 3.72. The van der Waals surface area contributed by atoms with Crippen LogP contribution in [-0.4, -0.2) is 24.8 Å². The molecule has 2 aromatic carbocycles. The van der Waals surface area contributed by atoms with Crippen molar-refractivity contribution in [2.75, 3.05) is 13.7 Å². The lowest BCUT2D eigenvalue weighted by Gasteiger charge is -2.07. The molecular weight excluding hydrogens is 264 g/mol. The van der Waals surface area contributed by atoms with Gasteiger partial charge in [0, 0.05) is 6.61 Å². The monoisotopic (exact) mass is 286 g/mol. The predicted molar refractivity (Wildman–Crippen MR) is 84.5 cm³/mol. The summed E-state index contributed by atoms with van der Waals surface area (Å²) in [6, 6.07) is 11.9. The Kier molecular flexibility index (Phi) is 5.76. The molecule has 0 spiro atoms. The summed E-state index contributed by atoms with van der Waals surface area (Å²) in [5.74, 6) is -0.294. The minimum Gasteiger partial charge on any atom is -0.465 e. The second-order valence-corrected chi connectivity index (χ2v) is 5.24. The molecule has 0 aliphatic rings. The van der Waals surface area contributed by atoms with Crippen molar-refractivity contribution in [3.8, 4) is 0 Å². The van der Waals surface area contributed by atoms with Crippen LogP contribution in [0.4, 0.5) is 0 Å². The van der Waals surface area contributed by atoms with Gasteiger partial charge in [0.1, 0.15) is 0 Å². The highest BCUT2D eigenvalue weighted by atomic mass is 16.5. The Morgan fingerprint density at radius 2 is 1.90 bits per heavy atom. The van der Waals surface area contributed by atoms with Gasteiger partial charge in [-0.25, -0.2) is 4.79 Å². The van der Waals surface area contributed by atoms with Crippen molar-refractivity contribution < 1.29 is 14.6 Å². The minimum absolute atomic E-state index is 0.284. The average Bonchev–Trinajstić information content (AvgIpc) is 2.53. The fourth-order valence-corrected chi connectivity index (χ4v) is 2.57. The summed E-state index contributed by atoms with van der Waals surface area (Å²) < 4.78 is 4.82. The summed E-state index contributed by atoms with van der Waals surface area (Å²) in [5.41, 5.74) is 1.90. The lowest BCUT2D eigenvalue weighted by Crippen LogP contribution is -2.01. The zero-order valence-corrected chi connectivity index (χ0v) is 12.5. The molecule has 0 aliphatic carbocycles. The lowest BCUT2D eigenvalue weighted by atomic mass is 9.99. The second kappa shape index (κ2) is 7.79. The summed E-state index contributed by atoms with van der Waals surface area (Å²) in [6.07, 6.45) is 5.27. The molecule has 1 N–H and O–H groups in total. The fourth-order valence-electron chi connectivity index (χ4n) is 2.57. The van der Waals surface area contributed by atoms with Gasteiger partial charge in [-0.15, -0.1) is 0 Å². The molecule has 0 heterocycles. The molecule has 0 aromatic heterocycles. The molecule has 0 bridgehead atoms. The normalized spacial score (nSPS) is 10.8. The van der Waals surface area contributed by atoms with Gasteiger partial charge >= 0.3 is 5.97 Å². The maximum absolute atomic E-state index is 11.7. The van der Waals surface area contributed by atoms with E-state index >= 15 is 0 Å². The van der Waals surface area contributed by atoms with Crippen molar-refractivity contribution in [3.05, 3.63) is 47.5 Å². The van der Waals surface area contributed by atoms with Crippen molar-refractivity contribution in [1.82, 2.24) is 0 Å². The van der Waals surface area contributed by atoms with Crippen LogP contribution >= 0.6 is 0 Å². The van der Waals surface area contributed by atoms with Crippen LogP contribution < -0.4 is 0 Å². The van der Waals surface area contributed by atoms with Gasteiger partial charge in [-0.2, -0.15) is 0 Å². The van der Waals surface area contributed by atoms with Crippen molar-refractivity contribution in [2.45, 2.75) is 32.1 Å². The van der Waals surface area contributed by atoms with E-state index in [9.17, 15) is 4.79 Å². The fraction of sp³-hybridized carbons (Fsp3) is 0.389. The van der Waals surface area contributed by atoms with Gasteiger partial charge in [0.25, 0.3) is 0 Å². The summed E-state index contributed by atoms with van der Waals surface area (Å²) in [5, 5.41) is 10.8. The minimum atomic E-state index is -0.294. The third-order valence-electron chi connectivity index (χ3n) is 3.72. The van der Waals surface area contributed by atoms with E-state index in [1.807, 2.05) is 18.2 Å². The van der Waals surface area contributed by atoms with Crippen molar-refractivity contribution in [1.29, 1.82) is 0 Å². The van der Waals surface area contributed by atoms with E-state index < -0.39 is 0 Å². The van der Waals surface area contributed by atoms with Gasteiger partial charge < -0.3 is 9.84 Å². The highest BCUT2D eigenvalue weighted by Gasteiger charge is 2.09. The highest BCUT2D eigenvalue weighted by molar-refractivity contribution is 6.04. The number of aryl methyl sites for hydroxylation is 1. The molecule has 0 saturated heterocycles. The summed E-state index contributed by atoms with van der Waals surface area (Å²) in [6.45, 7) is 0.284. The largest absolute Gasteiger partial charge is 0.465 e. The van der Waals surface area contributed by atoms with E-state index in [0.717, 1.165) is 42.9 Å². The van der Waals surface area contributed by atoms with E-state index in [1.165, 1.54) is 12.7 Å². The zero-order valence-electron chi connectivity index (χ0n) is 12.5. The SMILES string of the molecule is COC(=O)c1cccc2cc(CCCCCCO)ccc12. The Labute approximate surface area is 125 Å². The van der Waals surface area contributed by atoms with E-state index in [4.69, 9.17) is 9.84 Å². The Hall–Kier alpha value is -1.87. The number of carbonyl (C=O) groups excluding carboxylic acids is 1. The van der Waals surface area contributed by atoms with Gasteiger partial charge in [0.05, 0.1) is 12.7 Å². The van der Waals surface area contributed by atoms with Crippen LogP contribution in [0.25, 0.3) is 10.8 Å². The van der Waals surface area contributed by atoms with Crippen LogP contribution in [0.15, 0.2) is 36.4 Å². The number of ether oxygens (including phenoxy) is 1. The number of carbonyl (C=O) groups is 1. The summed E-state index contributed by atoms with van der Waals surface area (Å²) >= 11 is 0. The quantitative estimate of drug-likeness (QED) is 0.623. The van der Waals surface area contributed by atoms with Crippen molar-refractivity contribution >= 4 is 16.7 Å². The topological polar surface area (TPSA) is 46.5 Å². The molecule has 0 radical (unpaired) electrons. The Balaban J connectivity index is 2.10. The number of esters is 1. The Morgan fingerprint density at radius 3 is 2.67 bits per heavy atom. The van der Waals surface area contributed by atoms with E-state index in [0.29, 0.717) is 5.56 Å². The number of hydrogen-bond acceptors (Lipinski definition) is 3. The number of unbranched alkanes of at least 4 members (excludes halogenated alkanes) is 3. The Morgan fingerprint density at radius 1 is 1.10 bits per heavy atom. The first-order valence-electron chi connectivity index (χ1n) is 7.47. The molecule has 0 aliphatic heterocycles. The molecule has 0 amide bonds. The van der Waals surface area contributed by atoms with Crippen molar-refractivity contribution in [2.24, 2.45) is 0 Å². The molecule has 112 valence electrons. The standard InChI is InChI=1S/C18H22O3/c1-21-18(20)17-9-6-8-15-13-14(10-11-16(15)17)7-4-2-3-5-12-19/h6,8-11,13,19H,2-5,7,12H2,1H3. The number of benzene rings is 2. The lowest BCUT2D eigenvalue weighted by molar-refractivity contribution is 0.0603. The molecule has 0 unspecified atom stereocenters. The average molecular weight is 286 g/mol. The molecule has 0 atom stereocenters. The van der Waals surface area contributed by atoms with Gasteiger partial charge in [-0.1, -0.05) is 43.2 Å². The molecule has 3 heteroatoms. The van der Waals surface area contributed by atoms with Gasteiger partial charge in [-0.3, -0.25) is 0 Å². The third kappa shape index (κ3) is 4.05. The number of methoxy groups -OCH3 is 1. The van der Waals surface area contributed by atoms with Crippen LogP contribution in [0.2, 0.25) is 0 Å². The van der Waals surface area contributed by atoms with Crippen LogP contribution in [0.5, 0.6) is 0 Å². The molecular formula is C18H22O3. The first kappa shape index (κ1) is 15.5. The number of aliphatic hydroxyl groups excluding tert-OH is 1. The summed E-state index contributed by atoms with van der Waals surface area (Å²) in [7, 11) is 1.40. The maximum Gasteiger partial charge on any atom is 0.338 e. The molecule has 0 fully saturated rings. The van der Waals surface area contributed by atoms with Crippen LogP contribution in [-0.2, 0) is 11.2 Å². The van der Waals surface area contributed by atoms with Crippen LogP contribution in [0.3, 0.4) is 0 Å². The number of hydrogen-bond donors (Lipinski definition) is 1. The number of fused-ring (bicyclic) bond motifs is 1. The van der Waals surface area contributed by atoms with Gasteiger partial charge in [0.2, 0.25) is 0 Å². The molecule has 0 saturated carbocycles. The van der Waals surface area contributed by atoms with Crippen molar-refractivity contribution in [3.63, 3.8) is 0 Å². The Bertz CT molecular complexity index is 604. The second-order valence-electron chi connectivity index (χ2n) is 5.24. The highest BCUT2D eigenvalue weighted by Crippen LogP contribution is 2.22. The molecule has 3 nitrogen and oxygen atoms in total. The number of aliphatic hydroxyl groups is 1.